The zero-order valence-electron chi connectivity index (χ0n) is 16.8. The number of rotatable bonds is 5. The number of amides is 1. The lowest BCUT2D eigenvalue weighted by Crippen LogP contribution is -2.52. The van der Waals surface area contributed by atoms with Crippen molar-refractivity contribution >= 4 is 6.09 Å². The monoisotopic (exact) mass is 397 g/mol. The van der Waals surface area contributed by atoms with Crippen molar-refractivity contribution in [1.29, 1.82) is 0 Å². The maximum Gasteiger partial charge on any atom is 0.410 e. The van der Waals surface area contributed by atoms with Crippen molar-refractivity contribution in [3.05, 3.63) is 59.7 Å². The van der Waals surface area contributed by atoms with Gasteiger partial charge in [-0.1, -0.05) is 30.3 Å². The second-order valence-electron chi connectivity index (χ2n) is 7.87. The molecule has 1 N–H and O–H groups in total. The molecule has 0 radical (unpaired) electrons. The maximum absolute atomic E-state index is 12.8. The van der Waals surface area contributed by atoms with Crippen LogP contribution in [-0.2, 0) is 16.9 Å². The summed E-state index contributed by atoms with van der Waals surface area (Å²) in [5, 5.41) is 11.5. The van der Waals surface area contributed by atoms with Crippen molar-refractivity contribution in [2.24, 2.45) is 0 Å². The van der Waals surface area contributed by atoms with Gasteiger partial charge in [-0.2, -0.15) is 0 Å². The predicted octanol–water partition coefficient (Wildman–Crippen LogP) is 3.86. The van der Waals surface area contributed by atoms with Gasteiger partial charge < -0.3 is 24.2 Å². The fourth-order valence-corrected chi connectivity index (χ4v) is 4.63. The molecule has 4 rings (SSSR count). The molecule has 2 saturated heterocycles. The summed E-state index contributed by atoms with van der Waals surface area (Å²) < 4.78 is 16.3. The molecule has 2 heterocycles. The molecule has 0 saturated carbocycles. The zero-order chi connectivity index (χ0) is 20.4. The van der Waals surface area contributed by atoms with Gasteiger partial charge in [0, 0.05) is 31.0 Å². The average molecular weight is 397 g/mol. The van der Waals surface area contributed by atoms with E-state index in [1.807, 2.05) is 47.4 Å². The number of hydrogen-bond acceptors (Lipinski definition) is 5. The lowest BCUT2D eigenvalue weighted by Gasteiger charge is -2.43. The summed E-state index contributed by atoms with van der Waals surface area (Å²) in [6.45, 7) is 0.257. The van der Waals surface area contributed by atoms with Crippen LogP contribution in [-0.4, -0.2) is 42.4 Å². The van der Waals surface area contributed by atoms with Crippen LogP contribution in [0.2, 0.25) is 0 Å². The third kappa shape index (κ3) is 3.90. The Kier molecular flexibility index (Phi) is 5.37. The normalized spacial score (nSPS) is 25.6. The van der Waals surface area contributed by atoms with Gasteiger partial charge in [-0.25, -0.2) is 4.79 Å². The van der Waals surface area contributed by atoms with E-state index in [0.717, 1.165) is 24.0 Å². The SMILES string of the molecule is COc1cc(OC)cc(C2(O)CC3CCC(C2)N3C(=O)OCc2ccccc2)c1. The van der Waals surface area contributed by atoms with Gasteiger partial charge >= 0.3 is 6.09 Å². The summed E-state index contributed by atoms with van der Waals surface area (Å²) >= 11 is 0. The van der Waals surface area contributed by atoms with Gasteiger partial charge in [0.2, 0.25) is 0 Å². The number of piperidine rings is 1. The third-order valence-electron chi connectivity index (χ3n) is 6.07. The molecule has 2 aromatic carbocycles. The minimum Gasteiger partial charge on any atom is -0.497 e. The van der Waals surface area contributed by atoms with E-state index in [1.54, 1.807) is 20.3 Å². The van der Waals surface area contributed by atoms with Gasteiger partial charge in [-0.3, -0.25) is 0 Å². The number of carbonyl (C=O) groups is 1. The number of nitrogens with zero attached hydrogens (tertiary/aromatic N) is 1. The summed E-state index contributed by atoms with van der Waals surface area (Å²) in [6, 6.07) is 15.1. The van der Waals surface area contributed by atoms with Crippen molar-refractivity contribution < 1.29 is 24.1 Å². The van der Waals surface area contributed by atoms with Crippen LogP contribution >= 0.6 is 0 Å². The van der Waals surface area contributed by atoms with Crippen LogP contribution in [0.15, 0.2) is 48.5 Å². The van der Waals surface area contributed by atoms with Gasteiger partial charge in [-0.05, 0) is 36.1 Å². The van der Waals surface area contributed by atoms with Crippen molar-refractivity contribution in [3.8, 4) is 11.5 Å². The Labute approximate surface area is 171 Å². The fraction of sp³-hybridized carbons (Fsp3) is 0.435. The number of benzene rings is 2. The summed E-state index contributed by atoms with van der Waals surface area (Å²) in [7, 11) is 3.19. The molecular weight excluding hydrogens is 370 g/mol. The topological polar surface area (TPSA) is 68.2 Å². The number of methoxy groups -OCH3 is 2. The Morgan fingerprint density at radius 1 is 1.03 bits per heavy atom. The van der Waals surface area contributed by atoms with E-state index < -0.39 is 5.60 Å². The number of ether oxygens (including phenoxy) is 3. The van der Waals surface area contributed by atoms with E-state index in [2.05, 4.69) is 0 Å². The average Bonchev–Trinajstić information content (AvgIpc) is 3.04. The quantitative estimate of drug-likeness (QED) is 0.830. The van der Waals surface area contributed by atoms with Gasteiger partial charge in [0.1, 0.15) is 18.1 Å². The third-order valence-corrected chi connectivity index (χ3v) is 6.07. The smallest absolute Gasteiger partial charge is 0.410 e. The molecular formula is C23H27NO5. The first-order valence-corrected chi connectivity index (χ1v) is 9.97. The van der Waals surface area contributed by atoms with Crippen LogP contribution in [0.4, 0.5) is 4.79 Å². The fourth-order valence-electron chi connectivity index (χ4n) is 4.63. The lowest BCUT2D eigenvalue weighted by molar-refractivity contribution is -0.0538. The summed E-state index contributed by atoms with van der Waals surface area (Å²) in [5.41, 5.74) is 0.706. The van der Waals surface area contributed by atoms with Gasteiger partial charge in [-0.15, -0.1) is 0 Å². The largest absolute Gasteiger partial charge is 0.497 e. The second-order valence-corrected chi connectivity index (χ2v) is 7.87. The van der Waals surface area contributed by atoms with E-state index in [-0.39, 0.29) is 24.8 Å². The van der Waals surface area contributed by atoms with Gasteiger partial charge in [0.25, 0.3) is 0 Å². The van der Waals surface area contributed by atoms with Crippen LogP contribution in [0.1, 0.15) is 36.8 Å². The van der Waals surface area contributed by atoms with E-state index in [4.69, 9.17) is 14.2 Å². The molecule has 6 heteroatoms. The highest BCUT2D eigenvalue weighted by Crippen LogP contribution is 2.47. The predicted molar refractivity (Wildman–Crippen MR) is 108 cm³/mol. The van der Waals surface area contributed by atoms with Crippen LogP contribution in [0.5, 0.6) is 11.5 Å². The molecule has 2 aliphatic rings. The Balaban J connectivity index is 1.49. The number of aliphatic hydroxyl groups is 1. The number of fused-ring (bicyclic) bond motifs is 2. The molecule has 154 valence electrons. The van der Waals surface area contributed by atoms with Crippen LogP contribution in [0, 0.1) is 0 Å². The summed E-state index contributed by atoms with van der Waals surface area (Å²) in [4.78, 5) is 14.6. The van der Waals surface area contributed by atoms with Crippen molar-refractivity contribution in [3.63, 3.8) is 0 Å². The van der Waals surface area contributed by atoms with Crippen LogP contribution in [0.3, 0.4) is 0 Å². The number of hydrogen-bond donors (Lipinski definition) is 1. The molecule has 2 fully saturated rings. The first-order chi connectivity index (χ1) is 14.0. The van der Waals surface area contributed by atoms with Crippen LogP contribution < -0.4 is 9.47 Å². The van der Waals surface area contributed by atoms with E-state index in [1.165, 1.54) is 0 Å². The Morgan fingerprint density at radius 3 is 2.17 bits per heavy atom. The first-order valence-electron chi connectivity index (χ1n) is 9.97. The molecule has 2 atom stereocenters. The highest BCUT2D eigenvalue weighted by Gasteiger charge is 2.50. The summed E-state index contributed by atoms with van der Waals surface area (Å²) in [6.07, 6.45) is 2.38. The summed E-state index contributed by atoms with van der Waals surface area (Å²) in [5.74, 6) is 1.29. The van der Waals surface area contributed by atoms with E-state index >= 15 is 0 Å². The van der Waals surface area contributed by atoms with Gasteiger partial charge in [0.05, 0.1) is 19.8 Å². The lowest BCUT2D eigenvalue weighted by atomic mass is 9.80. The van der Waals surface area contributed by atoms with Crippen molar-refractivity contribution in [1.82, 2.24) is 4.90 Å². The number of carbonyl (C=O) groups excluding carboxylic acids is 1. The first kappa shape index (κ1) is 19.6. The molecule has 2 unspecified atom stereocenters. The molecule has 0 aromatic heterocycles. The highest BCUT2D eigenvalue weighted by atomic mass is 16.6. The van der Waals surface area contributed by atoms with E-state index in [0.29, 0.717) is 24.3 Å². The maximum atomic E-state index is 12.8. The molecule has 2 aromatic rings. The molecule has 0 aliphatic carbocycles. The Hall–Kier alpha value is -2.73. The molecule has 1 amide bonds. The molecule has 2 aliphatic heterocycles. The second kappa shape index (κ2) is 7.95. The Morgan fingerprint density at radius 2 is 1.62 bits per heavy atom. The standard InChI is InChI=1S/C23H27NO5/c1-27-20-10-17(11-21(12-20)28-2)23(26)13-18-8-9-19(14-23)24(18)22(25)29-15-16-6-4-3-5-7-16/h3-7,10-12,18-19,26H,8-9,13-15H2,1-2H3. The minimum absolute atomic E-state index is 0.0424. The van der Waals surface area contributed by atoms with E-state index in [9.17, 15) is 9.90 Å². The van der Waals surface area contributed by atoms with Gasteiger partial charge in [0.15, 0.2) is 0 Å². The zero-order valence-corrected chi connectivity index (χ0v) is 16.8. The molecule has 6 nitrogen and oxygen atoms in total. The molecule has 2 bridgehead atoms. The highest BCUT2D eigenvalue weighted by molar-refractivity contribution is 5.69. The van der Waals surface area contributed by atoms with Crippen molar-refractivity contribution in [2.75, 3.05) is 14.2 Å². The van der Waals surface area contributed by atoms with Crippen molar-refractivity contribution in [2.45, 2.75) is 50.0 Å². The van der Waals surface area contributed by atoms with Crippen LogP contribution in [0.25, 0.3) is 0 Å². The molecule has 0 spiro atoms. The minimum atomic E-state index is -1.02. The Bertz CT molecular complexity index is 833. The molecule has 29 heavy (non-hydrogen) atoms.